The average Bonchev–Trinajstić information content (AvgIpc) is 3.11. The molecule has 2 aromatic rings. The first kappa shape index (κ1) is 20.2. The quantitative estimate of drug-likeness (QED) is 0.536. The molecule has 3 N–H and O–H groups in total. The van der Waals surface area contributed by atoms with Crippen LogP contribution in [-0.2, 0) is 16.1 Å². The number of carbonyl (C=O) groups is 2. The summed E-state index contributed by atoms with van der Waals surface area (Å²) in [6.07, 6.45) is 0.861. The Morgan fingerprint density at radius 3 is 2.73 bits per heavy atom. The van der Waals surface area contributed by atoms with E-state index in [-0.39, 0.29) is 17.6 Å². The number of rotatable bonds is 10. The van der Waals surface area contributed by atoms with Gasteiger partial charge in [0.1, 0.15) is 6.04 Å². The van der Waals surface area contributed by atoms with Gasteiger partial charge >= 0.3 is 0 Å². The molecule has 0 radical (unpaired) electrons. The van der Waals surface area contributed by atoms with Crippen molar-refractivity contribution >= 4 is 40.0 Å². The lowest BCUT2D eigenvalue weighted by molar-refractivity contribution is -0.127. The van der Waals surface area contributed by atoms with Gasteiger partial charge in [-0.3, -0.25) is 9.59 Å². The maximum Gasteiger partial charge on any atom is 0.242 e. The Balaban J connectivity index is 1.71. The van der Waals surface area contributed by atoms with Gasteiger partial charge in [0.05, 0.1) is 5.75 Å². The van der Waals surface area contributed by atoms with Crippen molar-refractivity contribution in [2.75, 3.05) is 17.6 Å². The summed E-state index contributed by atoms with van der Waals surface area (Å²) >= 11 is 2.70. The van der Waals surface area contributed by atoms with Gasteiger partial charge in [-0.05, 0) is 18.9 Å². The third kappa shape index (κ3) is 7.01. The number of nitrogens with zero attached hydrogens (tertiary/aromatic N) is 2. The van der Waals surface area contributed by atoms with Crippen LogP contribution >= 0.6 is 23.1 Å². The average molecular weight is 394 g/mol. The van der Waals surface area contributed by atoms with Crippen LogP contribution in [0.3, 0.4) is 0 Å². The van der Waals surface area contributed by atoms with Crippen LogP contribution < -0.4 is 16.0 Å². The maximum absolute atomic E-state index is 12.0. The van der Waals surface area contributed by atoms with Gasteiger partial charge < -0.3 is 16.0 Å². The van der Waals surface area contributed by atoms with Crippen molar-refractivity contribution in [1.29, 1.82) is 0 Å². The molecule has 0 aliphatic rings. The molecule has 0 fully saturated rings. The molecule has 0 aliphatic heterocycles. The van der Waals surface area contributed by atoms with Crippen LogP contribution in [0.25, 0.3) is 0 Å². The first-order chi connectivity index (χ1) is 12.6. The van der Waals surface area contributed by atoms with E-state index in [1.54, 1.807) is 6.92 Å². The standard InChI is InChI=1S/C17H23N5O2S2/c1-3-9-18-15(24)12(2)20-14(23)11-25-17-22-21-16(26-17)19-10-13-7-5-4-6-8-13/h4-8,12H,3,9-11H2,1-2H3,(H,18,24)(H,19,21)(H,20,23)/t12-/m1/s1. The van der Waals surface area contributed by atoms with Crippen LogP contribution in [0.5, 0.6) is 0 Å². The van der Waals surface area contributed by atoms with E-state index in [1.807, 2.05) is 37.3 Å². The summed E-state index contributed by atoms with van der Waals surface area (Å²) in [6, 6.07) is 9.47. The molecule has 0 saturated carbocycles. The summed E-state index contributed by atoms with van der Waals surface area (Å²) in [5, 5.41) is 17.5. The third-order valence-corrected chi connectivity index (χ3v) is 5.35. The Morgan fingerprint density at radius 2 is 2.00 bits per heavy atom. The lowest BCUT2D eigenvalue weighted by Crippen LogP contribution is -2.45. The van der Waals surface area contributed by atoms with E-state index in [4.69, 9.17) is 0 Å². The van der Waals surface area contributed by atoms with Crippen LogP contribution in [0.15, 0.2) is 34.7 Å². The minimum atomic E-state index is -0.549. The monoisotopic (exact) mass is 393 g/mol. The molecular weight excluding hydrogens is 370 g/mol. The van der Waals surface area contributed by atoms with Gasteiger partial charge in [-0.25, -0.2) is 0 Å². The number of benzene rings is 1. The number of aromatic nitrogens is 2. The fourth-order valence-corrected chi connectivity index (χ4v) is 3.55. The molecule has 140 valence electrons. The van der Waals surface area contributed by atoms with Gasteiger partial charge in [-0.1, -0.05) is 60.4 Å². The summed E-state index contributed by atoms with van der Waals surface area (Å²) in [4.78, 5) is 23.7. The molecule has 2 rings (SSSR count). The van der Waals surface area contributed by atoms with Gasteiger partial charge in [-0.15, -0.1) is 10.2 Å². The number of nitrogens with one attached hydrogen (secondary N) is 3. The number of amides is 2. The zero-order chi connectivity index (χ0) is 18.8. The molecule has 1 aromatic heterocycles. The van der Waals surface area contributed by atoms with Crippen molar-refractivity contribution in [3.8, 4) is 0 Å². The van der Waals surface area contributed by atoms with Gasteiger partial charge in [0.2, 0.25) is 16.9 Å². The number of anilines is 1. The van der Waals surface area contributed by atoms with Crippen molar-refractivity contribution in [2.24, 2.45) is 0 Å². The van der Waals surface area contributed by atoms with Crippen LogP contribution in [-0.4, -0.2) is 40.4 Å². The normalized spacial score (nSPS) is 11.6. The second-order valence-corrected chi connectivity index (χ2v) is 7.78. The second-order valence-electron chi connectivity index (χ2n) is 5.58. The van der Waals surface area contributed by atoms with E-state index in [2.05, 4.69) is 26.1 Å². The molecule has 2 amide bonds. The van der Waals surface area contributed by atoms with Gasteiger partial charge in [0.15, 0.2) is 4.34 Å². The minimum absolute atomic E-state index is 0.173. The molecular formula is C17H23N5O2S2. The highest BCUT2D eigenvalue weighted by molar-refractivity contribution is 8.01. The molecule has 0 aliphatic carbocycles. The highest BCUT2D eigenvalue weighted by atomic mass is 32.2. The van der Waals surface area contributed by atoms with E-state index in [0.29, 0.717) is 22.6 Å². The van der Waals surface area contributed by atoms with Crippen LogP contribution in [0.1, 0.15) is 25.8 Å². The van der Waals surface area contributed by atoms with Crippen molar-refractivity contribution in [1.82, 2.24) is 20.8 Å². The molecule has 1 aromatic carbocycles. The molecule has 0 bridgehead atoms. The van der Waals surface area contributed by atoms with Gasteiger partial charge in [0, 0.05) is 13.1 Å². The predicted molar refractivity (Wildman–Crippen MR) is 105 cm³/mol. The van der Waals surface area contributed by atoms with Crippen LogP contribution in [0, 0.1) is 0 Å². The molecule has 0 unspecified atom stereocenters. The fourth-order valence-electron chi connectivity index (χ4n) is 1.99. The highest BCUT2D eigenvalue weighted by Gasteiger charge is 2.15. The van der Waals surface area contributed by atoms with Crippen molar-refractivity contribution in [3.63, 3.8) is 0 Å². The number of hydrogen-bond donors (Lipinski definition) is 3. The molecule has 0 saturated heterocycles. The SMILES string of the molecule is CCCNC(=O)[C@@H](C)NC(=O)CSc1nnc(NCc2ccccc2)s1. The predicted octanol–water partition coefficient (Wildman–Crippen LogP) is 2.27. The zero-order valence-electron chi connectivity index (χ0n) is 14.8. The van der Waals surface area contributed by atoms with Gasteiger partial charge in [-0.2, -0.15) is 0 Å². The molecule has 1 heterocycles. The molecule has 9 heteroatoms. The van der Waals surface area contributed by atoms with Gasteiger partial charge in [0.25, 0.3) is 0 Å². The minimum Gasteiger partial charge on any atom is -0.356 e. The Hall–Kier alpha value is -2.13. The third-order valence-electron chi connectivity index (χ3n) is 3.34. The molecule has 1 atom stereocenters. The number of carbonyl (C=O) groups excluding carboxylic acids is 2. The summed E-state index contributed by atoms with van der Waals surface area (Å²) in [6.45, 7) is 4.93. The summed E-state index contributed by atoms with van der Waals surface area (Å²) in [5.41, 5.74) is 1.16. The molecule has 26 heavy (non-hydrogen) atoms. The smallest absolute Gasteiger partial charge is 0.242 e. The van der Waals surface area contributed by atoms with E-state index in [9.17, 15) is 9.59 Å². The Labute approximate surface area is 161 Å². The van der Waals surface area contributed by atoms with Crippen LogP contribution in [0.4, 0.5) is 5.13 Å². The lowest BCUT2D eigenvalue weighted by Gasteiger charge is -2.13. The first-order valence-electron chi connectivity index (χ1n) is 8.39. The first-order valence-corrected chi connectivity index (χ1v) is 10.2. The number of hydrogen-bond acceptors (Lipinski definition) is 7. The number of thioether (sulfide) groups is 1. The fraction of sp³-hybridized carbons (Fsp3) is 0.412. The van der Waals surface area contributed by atoms with Crippen LogP contribution in [0.2, 0.25) is 0 Å². The zero-order valence-corrected chi connectivity index (χ0v) is 16.5. The van der Waals surface area contributed by atoms with Crippen molar-refractivity contribution in [3.05, 3.63) is 35.9 Å². The van der Waals surface area contributed by atoms with Crippen molar-refractivity contribution < 1.29 is 9.59 Å². The van der Waals surface area contributed by atoms with E-state index >= 15 is 0 Å². The van der Waals surface area contributed by atoms with E-state index in [1.165, 1.54) is 23.1 Å². The highest BCUT2D eigenvalue weighted by Crippen LogP contribution is 2.25. The largest absolute Gasteiger partial charge is 0.356 e. The summed E-state index contributed by atoms with van der Waals surface area (Å²) < 4.78 is 0.707. The Bertz CT molecular complexity index is 708. The van der Waals surface area contributed by atoms with E-state index in [0.717, 1.165) is 12.0 Å². The van der Waals surface area contributed by atoms with E-state index < -0.39 is 6.04 Å². The Morgan fingerprint density at radius 1 is 1.23 bits per heavy atom. The lowest BCUT2D eigenvalue weighted by atomic mass is 10.2. The second kappa shape index (κ2) is 10.8. The topological polar surface area (TPSA) is 96.0 Å². The summed E-state index contributed by atoms with van der Waals surface area (Å²) in [7, 11) is 0. The Kier molecular flexibility index (Phi) is 8.36. The molecule has 7 nitrogen and oxygen atoms in total. The maximum atomic E-state index is 12.0. The molecule has 0 spiro atoms. The van der Waals surface area contributed by atoms with Crippen molar-refractivity contribution in [2.45, 2.75) is 37.2 Å². The summed E-state index contributed by atoms with van der Waals surface area (Å²) in [5.74, 6) is -0.185.